The first-order chi connectivity index (χ1) is 13.2. The lowest BCUT2D eigenvalue weighted by molar-refractivity contribution is 0.0978. The number of halogens is 1. The van der Waals surface area contributed by atoms with E-state index in [1.54, 1.807) is 43.9 Å². The Labute approximate surface area is 160 Å². The van der Waals surface area contributed by atoms with Crippen molar-refractivity contribution in [2.45, 2.75) is 6.42 Å². The Bertz CT molecular complexity index is 1110. The number of aliphatic imine (C=N–C) groups is 1. The monoisotopic (exact) mass is 378 g/mol. The lowest BCUT2D eigenvalue weighted by Gasteiger charge is -2.12. The summed E-state index contributed by atoms with van der Waals surface area (Å²) in [4.78, 5) is 25.6. The zero-order valence-electron chi connectivity index (χ0n) is 14.4. The fraction of sp³-hybridized carbons (Fsp3) is 0.100. The molecule has 6 nitrogen and oxygen atoms in total. The summed E-state index contributed by atoms with van der Waals surface area (Å²) in [6, 6.07) is 8.94. The van der Waals surface area contributed by atoms with Gasteiger partial charge in [-0.15, -0.1) is 0 Å². The van der Waals surface area contributed by atoms with Crippen molar-refractivity contribution in [3.63, 3.8) is 0 Å². The molecule has 0 bridgehead atoms. The van der Waals surface area contributed by atoms with Crippen molar-refractivity contribution in [1.29, 1.82) is 0 Å². The third kappa shape index (κ3) is 3.27. The van der Waals surface area contributed by atoms with E-state index in [1.807, 2.05) is 18.2 Å². The molecule has 0 radical (unpaired) electrons. The summed E-state index contributed by atoms with van der Waals surface area (Å²) in [5.74, 6) is 1.02. The molecule has 0 aliphatic carbocycles. The number of benzene rings is 2. The summed E-state index contributed by atoms with van der Waals surface area (Å²) in [5, 5.41) is 3.37. The number of nitrogens with one attached hydrogen (secondary N) is 1. The summed E-state index contributed by atoms with van der Waals surface area (Å²) in [7, 11) is 1.60. The third-order valence-corrected chi connectivity index (χ3v) is 4.57. The molecule has 1 N–H and O–H groups in total. The number of methoxy groups -OCH3 is 1. The van der Waals surface area contributed by atoms with Crippen LogP contribution in [0.5, 0.6) is 5.75 Å². The predicted molar refractivity (Wildman–Crippen MR) is 105 cm³/mol. The highest BCUT2D eigenvalue weighted by molar-refractivity contribution is 6.33. The van der Waals surface area contributed by atoms with Crippen LogP contribution in [0.25, 0.3) is 22.2 Å². The van der Waals surface area contributed by atoms with Crippen LogP contribution in [0.3, 0.4) is 0 Å². The van der Waals surface area contributed by atoms with Crippen LogP contribution in [-0.2, 0) is 0 Å². The number of carbonyl (C=O) groups is 1. The molecule has 0 saturated heterocycles. The van der Waals surface area contributed by atoms with Gasteiger partial charge in [-0.3, -0.25) is 14.8 Å². The maximum Gasteiger partial charge on any atom is 0.258 e. The van der Waals surface area contributed by atoms with E-state index in [0.717, 1.165) is 11.1 Å². The standard InChI is InChI=1S/C20H15ClN4O2/c1-27-12-4-7-16(21)15(11-12)13-5-6-14(19-18(13)23-9-10-24-19)20(26)25-17-3-2-8-22-17/h2,4-11H,3H2,1H3,(H,22,25,26). The van der Waals surface area contributed by atoms with Gasteiger partial charge >= 0.3 is 0 Å². The number of ether oxygens (including phenoxy) is 1. The van der Waals surface area contributed by atoms with Gasteiger partial charge in [-0.05, 0) is 24.3 Å². The van der Waals surface area contributed by atoms with Crippen molar-refractivity contribution in [2.75, 3.05) is 7.11 Å². The van der Waals surface area contributed by atoms with Crippen molar-refractivity contribution >= 4 is 34.4 Å². The SMILES string of the molecule is COc1ccc(Cl)c(-c2ccc(C(=O)NC3=NC=CC3)c3nccnc23)c1. The van der Waals surface area contributed by atoms with E-state index in [4.69, 9.17) is 16.3 Å². The molecular formula is C20H15ClN4O2. The van der Waals surface area contributed by atoms with Gasteiger partial charge in [0.05, 0.1) is 18.2 Å². The van der Waals surface area contributed by atoms with Crippen molar-refractivity contribution in [2.24, 2.45) is 4.99 Å². The largest absolute Gasteiger partial charge is 0.497 e. The predicted octanol–water partition coefficient (Wildman–Crippen LogP) is 4.00. The lowest BCUT2D eigenvalue weighted by atomic mass is 10.00. The quantitative estimate of drug-likeness (QED) is 0.747. The number of fused-ring (bicyclic) bond motifs is 1. The van der Waals surface area contributed by atoms with E-state index in [1.165, 1.54) is 0 Å². The van der Waals surface area contributed by atoms with Gasteiger partial charge in [-0.2, -0.15) is 0 Å². The number of nitrogens with zero attached hydrogens (tertiary/aromatic N) is 3. The van der Waals surface area contributed by atoms with E-state index >= 15 is 0 Å². The van der Waals surface area contributed by atoms with E-state index < -0.39 is 0 Å². The number of amidine groups is 1. The van der Waals surface area contributed by atoms with Crippen LogP contribution in [0.4, 0.5) is 0 Å². The van der Waals surface area contributed by atoms with Gasteiger partial charge in [0.1, 0.15) is 17.1 Å². The van der Waals surface area contributed by atoms with Crippen LogP contribution in [0.1, 0.15) is 16.8 Å². The van der Waals surface area contributed by atoms with E-state index in [-0.39, 0.29) is 5.91 Å². The van der Waals surface area contributed by atoms with Gasteiger partial charge in [-0.1, -0.05) is 23.7 Å². The van der Waals surface area contributed by atoms with Crippen LogP contribution >= 0.6 is 11.6 Å². The van der Waals surface area contributed by atoms with Crippen LogP contribution in [0, 0.1) is 0 Å². The minimum atomic E-state index is -0.272. The Morgan fingerprint density at radius 2 is 1.93 bits per heavy atom. The molecule has 1 aliphatic heterocycles. The molecule has 0 fully saturated rings. The number of carbonyl (C=O) groups excluding carboxylic acids is 1. The summed E-state index contributed by atoms with van der Waals surface area (Å²) in [5.41, 5.74) is 3.05. The minimum Gasteiger partial charge on any atom is -0.497 e. The molecule has 27 heavy (non-hydrogen) atoms. The lowest BCUT2D eigenvalue weighted by Crippen LogP contribution is -2.29. The van der Waals surface area contributed by atoms with Crippen molar-refractivity contribution in [1.82, 2.24) is 15.3 Å². The van der Waals surface area contributed by atoms with Gasteiger partial charge < -0.3 is 10.1 Å². The molecule has 0 spiro atoms. The zero-order valence-corrected chi connectivity index (χ0v) is 15.2. The minimum absolute atomic E-state index is 0.272. The smallest absolute Gasteiger partial charge is 0.258 e. The highest BCUT2D eigenvalue weighted by Gasteiger charge is 2.18. The van der Waals surface area contributed by atoms with Crippen LogP contribution in [0.15, 0.2) is 60.0 Å². The fourth-order valence-corrected chi connectivity index (χ4v) is 3.16. The zero-order chi connectivity index (χ0) is 18.8. The molecule has 0 unspecified atom stereocenters. The fourth-order valence-electron chi connectivity index (χ4n) is 2.94. The number of rotatable bonds is 3. The van der Waals surface area contributed by atoms with Gasteiger partial charge in [-0.25, -0.2) is 4.99 Å². The van der Waals surface area contributed by atoms with E-state index in [2.05, 4.69) is 20.3 Å². The first kappa shape index (κ1) is 17.2. The average Bonchev–Trinajstić information content (AvgIpc) is 3.20. The molecule has 7 heteroatoms. The Morgan fingerprint density at radius 3 is 2.67 bits per heavy atom. The van der Waals surface area contributed by atoms with Gasteiger partial charge in [0, 0.05) is 41.2 Å². The molecule has 2 aromatic carbocycles. The first-order valence-corrected chi connectivity index (χ1v) is 8.66. The van der Waals surface area contributed by atoms with Gasteiger partial charge in [0.2, 0.25) is 0 Å². The Hall–Kier alpha value is -3.25. The molecule has 1 aliphatic rings. The first-order valence-electron chi connectivity index (χ1n) is 8.28. The molecule has 1 amide bonds. The van der Waals surface area contributed by atoms with E-state index in [9.17, 15) is 4.79 Å². The number of hydrogen-bond donors (Lipinski definition) is 1. The molecule has 1 aromatic heterocycles. The van der Waals surface area contributed by atoms with Crippen molar-refractivity contribution < 1.29 is 9.53 Å². The number of amides is 1. The Kier molecular flexibility index (Phi) is 4.56. The second kappa shape index (κ2) is 7.17. The second-order valence-corrected chi connectivity index (χ2v) is 6.29. The maximum atomic E-state index is 12.7. The number of hydrogen-bond acceptors (Lipinski definition) is 5. The van der Waals surface area contributed by atoms with Crippen LogP contribution in [0.2, 0.25) is 5.02 Å². The molecule has 0 atom stereocenters. The van der Waals surface area contributed by atoms with Gasteiger partial charge in [0.15, 0.2) is 0 Å². The maximum absolute atomic E-state index is 12.7. The summed E-state index contributed by atoms with van der Waals surface area (Å²) >= 11 is 6.40. The summed E-state index contributed by atoms with van der Waals surface area (Å²) in [6.45, 7) is 0. The Balaban J connectivity index is 1.82. The average molecular weight is 379 g/mol. The second-order valence-electron chi connectivity index (χ2n) is 5.88. The van der Waals surface area contributed by atoms with Crippen molar-refractivity contribution in [3.8, 4) is 16.9 Å². The van der Waals surface area contributed by atoms with Crippen molar-refractivity contribution in [3.05, 3.63) is 65.6 Å². The Morgan fingerprint density at radius 1 is 1.11 bits per heavy atom. The molecule has 134 valence electrons. The topological polar surface area (TPSA) is 76.5 Å². The molecule has 0 saturated carbocycles. The molecular weight excluding hydrogens is 364 g/mol. The molecule has 2 heterocycles. The van der Waals surface area contributed by atoms with E-state index in [0.29, 0.717) is 39.6 Å². The number of aromatic nitrogens is 2. The van der Waals surface area contributed by atoms with Gasteiger partial charge in [0.25, 0.3) is 5.91 Å². The summed E-state index contributed by atoms with van der Waals surface area (Å²) in [6.07, 6.45) is 7.30. The normalized spacial score (nSPS) is 12.9. The highest BCUT2D eigenvalue weighted by atomic mass is 35.5. The third-order valence-electron chi connectivity index (χ3n) is 4.24. The highest BCUT2D eigenvalue weighted by Crippen LogP contribution is 2.35. The summed E-state index contributed by atoms with van der Waals surface area (Å²) < 4.78 is 5.30. The van der Waals surface area contributed by atoms with Crippen LogP contribution in [-0.4, -0.2) is 28.8 Å². The molecule has 3 aromatic rings. The van der Waals surface area contributed by atoms with Crippen LogP contribution < -0.4 is 10.1 Å². The molecule has 4 rings (SSSR count).